The lowest BCUT2D eigenvalue weighted by Crippen LogP contribution is -2.15. The maximum atomic E-state index is 12.6. The van der Waals surface area contributed by atoms with Gasteiger partial charge in [0, 0.05) is 6.61 Å². The van der Waals surface area contributed by atoms with Crippen LogP contribution in [0.5, 0.6) is 5.75 Å². The van der Waals surface area contributed by atoms with Gasteiger partial charge >= 0.3 is 5.97 Å². The summed E-state index contributed by atoms with van der Waals surface area (Å²) in [5.41, 5.74) is 3.12. The summed E-state index contributed by atoms with van der Waals surface area (Å²) < 4.78 is 15.9. The number of hydrogen-bond donors (Lipinski definition) is 1. The zero-order valence-electron chi connectivity index (χ0n) is 16.2. The van der Waals surface area contributed by atoms with Crippen molar-refractivity contribution in [1.82, 2.24) is 9.97 Å². The zero-order chi connectivity index (χ0) is 19.9. The van der Waals surface area contributed by atoms with Gasteiger partial charge in [-0.05, 0) is 43.7 Å². The molecule has 0 radical (unpaired) electrons. The van der Waals surface area contributed by atoms with Gasteiger partial charge in [-0.1, -0.05) is 18.2 Å². The summed E-state index contributed by atoms with van der Waals surface area (Å²) in [6.45, 7) is 4.90. The van der Waals surface area contributed by atoms with Gasteiger partial charge in [0.1, 0.15) is 12.4 Å². The first-order chi connectivity index (χ1) is 13.6. The first kappa shape index (κ1) is 19.6. The molecule has 28 heavy (non-hydrogen) atoms. The molecule has 0 aliphatic heterocycles. The molecule has 146 valence electrons. The van der Waals surface area contributed by atoms with E-state index >= 15 is 0 Å². The van der Waals surface area contributed by atoms with Crippen LogP contribution in [0.15, 0.2) is 42.5 Å². The Morgan fingerprint density at radius 2 is 1.82 bits per heavy atom. The van der Waals surface area contributed by atoms with E-state index in [9.17, 15) is 4.79 Å². The van der Waals surface area contributed by atoms with E-state index in [1.165, 1.54) is 0 Å². The van der Waals surface area contributed by atoms with Crippen molar-refractivity contribution in [1.29, 1.82) is 0 Å². The topological polar surface area (TPSA) is 82.6 Å². The number of aryl methyl sites for hydroxylation is 1. The van der Waals surface area contributed by atoms with E-state index in [1.54, 1.807) is 13.2 Å². The highest BCUT2D eigenvalue weighted by Gasteiger charge is 2.19. The third-order valence-electron chi connectivity index (χ3n) is 4.04. The molecule has 0 unspecified atom stereocenters. The van der Waals surface area contributed by atoms with Crippen molar-refractivity contribution in [3.8, 4) is 5.75 Å². The average molecular weight is 381 g/mol. The molecule has 1 aromatic heterocycles. The Balaban J connectivity index is 1.97. The summed E-state index contributed by atoms with van der Waals surface area (Å²) in [7, 11) is 1.59. The number of fused-ring (bicyclic) bond motifs is 1. The highest BCUT2D eigenvalue weighted by atomic mass is 16.6. The first-order valence-corrected chi connectivity index (χ1v) is 9.05. The van der Waals surface area contributed by atoms with Crippen LogP contribution in [0.3, 0.4) is 0 Å². The Morgan fingerprint density at radius 1 is 1.07 bits per heavy atom. The van der Waals surface area contributed by atoms with Crippen LogP contribution in [0, 0.1) is 6.92 Å². The Hall–Kier alpha value is -3.19. The van der Waals surface area contributed by atoms with Crippen molar-refractivity contribution in [2.75, 3.05) is 32.2 Å². The predicted molar refractivity (Wildman–Crippen MR) is 107 cm³/mol. The monoisotopic (exact) mass is 381 g/mol. The van der Waals surface area contributed by atoms with Crippen LogP contribution >= 0.6 is 0 Å². The quantitative estimate of drug-likeness (QED) is 0.468. The normalized spacial score (nSPS) is 10.7. The molecule has 0 aliphatic carbocycles. The number of esters is 1. The number of nitrogens with one attached hydrogen (secondary N) is 1. The molecule has 1 heterocycles. The zero-order valence-corrected chi connectivity index (χ0v) is 16.2. The molecule has 0 spiro atoms. The molecule has 0 saturated carbocycles. The molecule has 7 heteroatoms. The summed E-state index contributed by atoms with van der Waals surface area (Å²) in [5.74, 6) is 0.382. The van der Waals surface area contributed by atoms with Crippen LogP contribution in [0.25, 0.3) is 11.0 Å². The molecule has 0 saturated heterocycles. The van der Waals surface area contributed by atoms with Crippen molar-refractivity contribution in [2.45, 2.75) is 13.8 Å². The lowest BCUT2D eigenvalue weighted by atomic mass is 10.2. The molecule has 3 rings (SSSR count). The SMILES string of the molecule is CCOCCOC(=O)c1nc2ccccc2nc1Nc1cc(C)ccc1OC. The van der Waals surface area contributed by atoms with Crippen molar-refractivity contribution in [2.24, 2.45) is 0 Å². The Morgan fingerprint density at radius 3 is 2.54 bits per heavy atom. The molecule has 0 fully saturated rings. The third kappa shape index (κ3) is 4.55. The highest BCUT2D eigenvalue weighted by Crippen LogP contribution is 2.30. The lowest BCUT2D eigenvalue weighted by Gasteiger charge is -2.14. The molecule has 7 nitrogen and oxygen atoms in total. The van der Waals surface area contributed by atoms with Crippen LogP contribution in [0.1, 0.15) is 23.0 Å². The number of rotatable bonds is 8. The minimum absolute atomic E-state index is 0.110. The second-order valence-corrected chi connectivity index (χ2v) is 6.07. The van der Waals surface area contributed by atoms with Gasteiger partial charge in [0.05, 0.1) is 30.4 Å². The van der Waals surface area contributed by atoms with Gasteiger partial charge < -0.3 is 19.5 Å². The van der Waals surface area contributed by atoms with Crippen LogP contribution in [0.4, 0.5) is 11.5 Å². The second-order valence-electron chi connectivity index (χ2n) is 6.07. The fraction of sp³-hybridized carbons (Fsp3) is 0.286. The summed E-state index contributed by atoms with van der Waals surface area (Å²) >= 11 is 0. The first-order valence-electron chi connectivity index (χ1n) is 9.05. The number of aromatic nitrogens is 2. The molecule has 0 bridgehead atoms. The molecule has 3 aromatic rings. The minimum atomic E-state index is -0.563. The Kier molecular flexibility index (Phi) is 6.39. The van der Waals surface area contributed by atoms with E-state index < -0.39 is 5.97 Å². The maximum Gasteiger partial charge on any atom is 0.360 e. The molecule has 2 aromatic carbocycles. The van der Waals surface area contributed by atoms with Crippen molar-refractivity contribution in [3.63, 3.8) is 0 Å². The van der Waals surface area contributed by atoms with E-state index in [1.807, 2.05) is 50.2 Å². The van der Waals surface area contributed by atoms with E-state index in [0.717, 1.165) is 5.56 Å². The number of methoxy groups -OCH3 is 1. The Bertz CT molecular complexity index is 975. The van der Waals surface area contributed by atoms with Gasteiger partial charge in [0.2, 0.25) is 0 Å². The number of benzene rings is 2. The number of para-hydroxylation sites is 2. The number of nitrogens with zero attached hydrogens (tertiary/aromatic N) is 2. The molecule has 0 aliphatic rings. The third-order valence-corrected chi connectivity index (χ3v) is 4.04. The van der Waals surface area contributed by atoms with E-state index in [0.29, 0.717) is 41.5 Å². The lowest BCUT2D eigenvalue weighted by molar-refractivity contribution is 0.0330. The van der Waals surface area contributed by atoms with Crippen molar-refractivity contribution < 1.29 is 19.0 Å². The average Bonchev–Trinajstić information content (AvgIpc) is 2.71. The molecule has 1 N–H and O–H groups in total. The minimum Gasteiger partial charge on any atom is -0.495 e. The number of anilines is 2. The van der Waals surface area contributed by atoms with E-state index in [2.05, 4.69) is 15.3 Å². The standard InChI is InChI=1S/C21H23N3O4/c1-4-27-11-12-28-21(25)19-20(23-16-8-6-5-7-15(16)22-19)24-17-13-14(2)9-10-18(17)26-3/h5-10,13H,4,11-12H2,1-3H3,(H,23,24). The van der Waals surface area contributed by atoms with Crippen LogP contribution in [-0.2, 0) is 9.47 Å². The van der Waals surface area contributed by atoms with Crippen LogP contribution in [0.2, 0.25) is 0 Å². The fourth-order valence-corrected chi connectivity index (χ4v) is 2.68. The van der Waals surface area contributed by atoms with E-state index in [4.69, 9.17) is 14.2 Å². The van der Waals surface area contributed by atoms with Crippen molar-refractivity contribution in [3.05, 3.63) is 53.7 Å². The van der Waals surface area contributed by atoms with Gasteiger partial charge in [-0.15, -0.1) is 0 Å². The smallest absolute Gasteiger partial charge is 0.360 e. The fourth-order valence-electron chi connectivity index (χ4n) is 2.68. The van der Waals surface area contributed by atoms with Crippen LogP contribution in [-0.4, -0.2) is 42.9 Å². The van der Waals surface area contributed by atoms with Gasteiger partial charge in [-0.25, -0.2) is 14.8 Å². The highest BCUT2D eigenvalue weighted by molar-refractivity contribution is 5.96. The summed E-state index contributed by atoms with van der Waals surface area (Å²) in [6, 6.07) is 13.1. The summed E-state index contributed by atoms with van der Waals surface area (Å²) in [4.78, 5) is 21.7. The van der Waals surface area contributed by atoms with Crippen LogP contribution < -0.4 is 10.1 Å². The van der Waals surface area contributed by atoms with Gasteiger partial charge in [-0.2, -0.15) is 0 Å². The second kappa shape index (κ2) is 9.14. The van der Waals surface area contributed by atoms with Gasteiger partial charge in [0.15, 0.2) is 11.5 Å². The molecular formula is C21H23N3O4. The van der Waals surface area contributed by atoms with Crippen molar-refractivity contribution >= 4 is 28.5 Å². The van der Waals surface area contributed by atoms with E-state index in [-0.39, 0.29) is 12.3 Å². The number of hydrogen-bond acceptors (Lipinski definition) is 7. The summed E-state index contributed by atoms with van der Waals surface area (Å²) in [5, 5.41) is 3.18. The molecular weight excluding hydrogens is 358 g/mol. The Labute approximate surface area is 163 Å². The summed E-state index contributed by atoms with van der Waals surface area (Å²) in [6.07, 6.45) is 0. The molecule has 0 amide bonds. The number of carbonyl (C=O) groups excluding carboxylic acids is 1. The van der Waals surface area contributed by atoms with Gasteiger partial charge in [0.25, 0.3) is 0 Å². The maximum absolute atomic E-state index is 12.6. The molecule has 0 atom stereocenters. The number of ether oxygens (including phenoxy) is 3. The van der Waals surface area contributed by atoms with Gasteiger partial charge in [-0.3, -0.25) is 0 Å². The largest absolute Gasteiger partial charge is 0.495 e. The number of carbonyl (C=O) groups is 1. The predicted octanol–water partition coefficient (Wildman–Crippen LogP) is 3.88.